The number of rotatable bonds is 3. The molecule has 17 heavy (non-hydrogen) atoms. The van der Waals surface area contributed by atoms with Crippen molar-refractivity contribution in [2.45, 2.75) is 5.78 Å². The van der Waals surface area contributed by atoms with Gasteiger partial charge in [-0.25, -0.2) is 0 Å². The summed E-state index contributed by atoms with van der Waals surface area (Å²) in [4.78, 5) is 31.0. The maximum absolute atomic E-state index is 11.5. The molecule has 0 spiro atoms. The van der Waals surface area contributed by atoms with E-state index in [0.717, 1.165) is 12.1 Å². The maximum Gasteiger partial charge on any atom is 0.263 e. The molecular weight excluding hydrogens is 275 g/mol. The number of nitrogens with zero attached hydrogens (tertiary/aromatic N) is 1. The fourth-order valence-corrected chi connectivity index (χ4v) is 1.91. The second-order valence-corrected chi connectivity index (χ2v) is 5.30. The molecule has 1 aromatic rings. The first kappa shape index (κ1) is 13.9. The van der Waals surface area contributed by atoms with Gasteiger partial charge in [-0.05, 0) is 19.4 Å². The molecular formula is C7H6ClN2O6P-2. The van der Waals surface area contributed by atoms with E-state index in [1.165, 1.54) is 0 Å². The molecule has 0 saturated carbocycles. The zero-order valence-electron chi connectivity index (χ0n) is 8.16. The Morgan fingerprint density at radius 2 is 1.94 bits per heavy atom. The average Bonchev–Trinajstić information content (AvgIpc) is 2.18. The molecule has 0 aromatic heterocycles. The summed E-state index contributed by atoms with van der Waals surface area (Å²) in [5, 5.41) is 21.8. The summed E-state index contributed by atoms with van der Waals surface area (Å²) >= 11 is 5.50. The summed E-state index contributed by atoms with van der Waals surface area (Å²) in [6, 6.07) is 1.66. The van der Waals surface area contributed by atoms with Gasteiger partial charge >= 0.3 is 0 Å². The smallest absolute Gasteiger partial charge is 0.263 e. The molecule has 0 aliphatic carbocycles. The minimum absolute atomic E-state index is 0.214. The van der Waals surface area contributed by atoms with Crippen molar-refractivity contribution in [1.82, 2.24) is 0 Å². The fourth-order valence-electron chi connectivity index (χ4n) is 1.15. The summed E-state index contributed by atoms with van der Waals surface area (Å²) < 4.78 is 10.7. The van der Waals surface area contributed by atoms with Gasteiger partial charge in [-0.2, -0.15) is 0 Å². The minimum atomic E-state index is -5.17. The lowest BCUT2D eigenvalue weighted by molar-refractivity contribution is -0.438. The number of nitro groups is 1. The van der Waals surface area contributed by atoms with Gasteiger partial charge < -0.3 is 25.2 Å². The van der Waals surface area contributed by atoms with E-state index in [1.807, 2.05) is 0 Å². The topological polar surface area (TPSA) is 157 Å². The summed E-state index contributed by atoms with van der Waals surface area (Å²) in [6.07, 6.45) is 0. The summed E-state index contributed by atoms with van der Waals surface area (Å²) in [5.41, 5.74) is 1.52. The van der Waals surface area contributed by atoms with Crippen molar-refractivity contribution < 1.29 is 30.1 Å². The third kappa shape index (κ3) is 2.93. The van der Waals surface area contributed by atoms with Crippen LogP contribution in [0.2, 0.25) is 5.02 Å². The molecule has 1 rings (SSSR count). The molecule has 1 atom stereocenters. The number of hydrogen-bond acceptors (Lipinski definition) is 6. The highest BCUT2D eigenvalue weighted by Crippen LogP contribution is 2.44. The van der Waals surface area contributed by atoms with E-state index >= 15 is 0 Å². The van der Waals surface area contributed by atoms with Crippen LogP contribution in [0, 0.1) is 10.1 Å². The largest absolute Gasteiger partial charge is 0.867 e. The minimum Gasteiger partial charge on any atom is -0.867 e. The predicted octanol–water partition coefficient (Wildman–Crippen LogP) is -1.52. The van der Waals surface area contributed by atoms with Crippen LogP contribution in [0.15, 0.2) is 12.1 Å². The second kappa shape index (κ2) is 4.59. The van der Waals surface area contributed by atoms with Crippen molar-refractivity contribution in [2.75, 3.05) is 0 Å². The second-order valence-electron chi connectivity index (χ2n) is 3.16. The van der Waals surface area contributed by atoms with E-state index in [4.69, 9.17) is 11.6 Å². The van der Waals surface area contributed by atoms with Gasteiger partial charge in [-0.1, -0.05) is 11.6 Å². The lowest BCUT2D eigenvalue weighted by Gasteiger charge is -2.34. The number of nitro benzene ring substituents is 1. The van der Waals surface area contributed by atoms with Crippen molar-refractivity contribution in [3.8, 4) is 5.75 Å². The van der Waals surface area contributed by atoms with Crippen molar-refractivity contribution in [2.24, 2.45) is 0 Å². The average molecular weight is 281 g/mol. The van der Waals surface area contributed by atoms with Gasteiger partial charge in [0.2, 0.25) is 0 Å². The Kier molecular flexibility index (Phi) is 3.75. The SMILES string of the molecule is [NH3+][C@H](c1cc(Cl)cc([N+](=O)[O-])c1[O-])P(=O)([O-])[O-]. The van der Waals surface area contributed by atoms with Gasteiger partial charge in [0.05, 0.1) is 4.92 Å². The van der Waals surface area contributed by atoms with Crippen LogP contribution < -0.4 is 20.6 Å². The van der Waals surface area contributed by atoms with Crippen LogP contribution in [0.1, 0.15) is 11.3 Å². The third-order valence-electron chi connectivity index (χ3n) is 2.00. The van der Waals surface area contributed by atoms with E-state index in [0.29, 0.717) is 0 Å². The number of hydrogen-bond donors (Lipinski definition) is 1. The molecule has 0 unspecified atom stereocenters. The van der Waals surface area contributed by atoms with Gasteiger partial charge in [-0.3, -0.25) is 10.1 Å². The summed E-state index contributed by atoms with van der Waals surface area (Å²) in [5.74, 6) is -3.08. The fraction of sp³-hybridized carbons (Fsp3) is 0.143. The number of benzene rings is 1. The third-order valence-corrected chi connectivity index (χ3v) is 3.26. The molecule has 94 valence electrons. The van der Waals surface area contributed by atoms with Gasteiger partial charge in [0.1, 0.15) is 5.78 Å². The molecule has 1 aromatic carbocycles. The van der Waals surface area contributed by atoms with Crippen LogP contribution >= 0.6 is 19.2 Å². The monoisotopic (exact) mass is 280 g/mol. The molecule has 0 aliphatic rings. The lowest BCUT2D eigenvalue weighted by Crippen LogP contribution is -2.56. The highest BCUT2D eigenvalue weighted by molar-refractivity contribution is 7.48. The number of quaternary nitrogens is 1. The van der Waals surface area contributed by atoms with Gasteiger partial charge in [0.15, 0.2) is 0 Å². The molecule has 3 N–H and O–H groups in total. The van der Waals surface area contributed by atoms with Crippen molar-refractivity contribution in [1.29, 1.82) is 0 Å². The molecule has 0 aliphatic heterocycles. The summed E-state index contributed by atoms with van der Waals surface area (Å²) in [7, 11) is -5.17. The van der Waals surface area contributed by atoms with E-state index in [-0.39, 0.29) is 5.02 Å². The molecule has 0 heterocycles. The Bertz CT molecular complexity index is 515. The lowest BCUT2D eigenvalue weighted by atomic mass is 10.1. The first-order valence-electron chi connectivity index (χ1n) is 4.14. The van der Waals surface area contributed by atoms with Crippen LogP contribution in [0.4, 0.5) is 5.69 Å². The highest BCUT2D eigenvalue weighted by atomic mass is 35.5. The normalized spacial score (nSPS) is 13.4. The Hall–Kier alpha value is -1.18. The van der Waals surface area contributed by atoms with Gasteiger partial charge in [0.25, 0.3) is 5.69 Å². The molecule has 10 heteroatoms. The Balaban J connectivity index is 3.45. The Morgan fingerprint density at radius 3 is 2.35 bits per heavy atom. The van der Waals surface area contributed by atoms with E-state index in [2.05, 4.69) is 5.73 Å². The van der Waals surface area contributed by atoms with Crippen LogP contribution in [-0.2, 0) is 4.57 Å². The molecule has 8 nitrogen and oxygen atoms in total. The van der Waals surface area contributed by atoms with Gasteiger partial charge in [-0.15, -0.1) is 0 Å². The first-order valence-corrected chi connectivity index (χ1v) is 6.13. The number of halogens is 1. The molecule has 0 bridgehead atoms. The van der Waals surface area contributed by atoms with E-state index in [1.54, 1.807) is 0 Å². The zero-order chi connectivity index (χ0) is 13.4. The molecule has 0 amide bonds. The van der Waals surface area contributed by atoms with E-state index < -0.39 is 35.3 Å². The molecule has 0 fully saturated rings. The van der Waals surface area contributed by atoms with Crippen molar-refractivity contribution in [3.05, 3.63) is 32.8 Å². The molecule has 0 saturated heterocycles. The predicted molar refractivity (Wildman–Crippen MR) is 50.8 cm³/mol. The highest BCUT2D eigenvalue weighted by Gasteiger charge is 2.21. The van der Waals surface area contributed by atoms with Crippen LogP contribution in [0.5, 0.6) is 5.75 Å². The maximum atomic E-state index is 11.5. The van der Waals surface area contributed by atoms with E-state index in [9.17, 15) is 29.6 Å². The quantitative estimate of drug-likeness (QED) is 0.402. The van der Waals surface area contributed by atoms with Crippen LogP contribution in [0.3, 0.4) is 0 Å². The van der Waals surface area contributed by atoms with Gasteiger partial charge in [0, 0.05) is 16.7 Å². The Labute approximate surface area is 99.9 Å². The molecule has 0 radical (unpaired) electrons. The summed E-state index contributed by atoms with van der Waals surface area (Å²) in [6.45, 7) is 0. The van der Waals surface area contributed by atoms with Crippen LogP contribution in [-0.4, -0.2) is 4.92 Å². The van der Waals surface area contributed by atoms with Crippen molar-refractivity contribution >= 4 is 24.9 Å². The zero-order valence-corrected chi connectivity index (χ0v) is 9.81. The Morgan fingerprint density at radius 1 is 1.41 bits per heavy atom. The first-order chi connectivity index (χ1) is 7.64. The van der Waals surface area contributed by atoms with Crippen LogP contribution in [0.25, 0.3) is 0 Å². The van der Waals surface area contributed by atoms with Crippen molar-refractivity contribution in [3.63, 3.8) is 0 Å². The standard InChI is InChI=1S/C7H8ClN2O6P/c8-3-1-4(7(9)17(14,15)16)6(11)5(2-3)10(12)13/h1-2,7,11H,9H2,(H2,14,15,16)/p-2/t7-/m0/s1.